The Bertz CT molecular complexity index is 1090. The van der Waals surface area contributed by atoms with Gasteiger partial charge in [-0.25, -0.2) is 0 Å². The molecule has 0 bridgehead atoms. The maximum absolute atomic E-state index is 11.3. The van der Waals surface area contributed by atoms with Crippen molar-refractivity contribution in [2.24, 2.45) is 5.92 Å². The Kier molecular flexibility index (Phi) is 6.99. The Balaban J connectivity index is 1.47. The first kappa shape index (κ1) is 22.2. The molecule has 1 aliphatic rings. The Hall–Kier alpha value is -3.01. The van der Waals surface area contributed by atoms with Gasteiger partial charge in [0.25, 0.3) is 0 Å². The van der Waals surface area contributed by atoms with Crippen LogP contribution in [0.2, 0.25) is 0 Å². The number of hydrogen-bond donors (Lipinski definition) is 1. The molecule has 4 nitrogen and oxygen atoms in total. The lowest BCUT2D eigenvalue weighted by Crippen LogP contribution is -2.23. The van der Waals surface area contributed by atoms with Crippen LogP contribution in [0.15, 0.2) is 54.6 Å². The predicted molar refractivity (Wildman–Crippen MR) is 130 cm³/mol. The zero-order chi connectivity index (χ0) is 22.5. The van der Waals surface area contributed by atoms with Gasteiger partial charge >= 0.3 is 0 Å². The van der Waals surface area contributed by atoms with Crippen LogP contribution >= 0.6 is 0 Å². The number of nitrogens with one attached hydrogen (secondary N) is 1. The summed E-state index contributed by atoms with van der Waals surface area (Å²) in [5, 5.41) is 5.15. The number of carbonyl (C=O) groups excluding carboxylic acids is 1. The van der Waals surface area contributed by atoms with Gasteiger partial charge in [-0.1, -0.05) is 43.5 Å². The van der Waals surface area contributed by atoms with Gasteiger partial charge in [0, 0.05) is 12.5 Å². The third-order valence-electron chi connectivity index (χ3n) is 6.42. The maximum Gasteiger partial charge on any atom is 0.217 e. The molecule has 0 aromatic heterocycles. The van der Waals surface area contributed by atoms with Crippen molar-refractivity contribution in [3.63, 3.8) is 0 Å². The zero-order valence-corrected chi connectivity index (χ0v) is 19.3. The fraction of sp³-hybridized carbons (Fsp3) is 0.393. The molecule has 0 aliphatic heterocycles. The Morgan fingerprint density at radius 2 is 1.72 bits per heavy atom. The second kappa shape index (κ2) is 10.1. The third-order valence-corrected chi connectivity index (χ3v) is 6.42. The summed E-state index contributed by atoms with van der Waals surface area (Å²) in [6.45, 7) is 6.38. The van der Waals surface area contributed by atoms with Crippen LogP contribution < -0.4 is 14.8 Å². The van der Waals surface area contributed by atoms with Crippen molar-refractivity contribution in [1.29, 1.82) is 0 Å². The van der Waals surface area contributed by atoms with Crippen molar-refractivity contribution in [1.82, 2.24) is 5.32 Å². The fourth-order valence-corrected chi connectivity index (χ4v) is 4.51. The van der Waals surface area contributed by atoms with Gasteiger partial charge < -0.3 is 14.8 Å². The van der Waals surface area contributed by atoms with Crippen molar-refractivity contribution in [3.8, 4) is 17.2 Å². The average Bonchev–Trinajstić information content (AvgIpc) is 2.79. The highest BCUT2D eigenvalue weighted by Gasteiger charge is 2.15. The molecule has 1 saturated carbocycles. The van der Waals surface area contributed by atoms with Crippen LogP contribution in [0, 0.1) is 12.8 Å². The largest absolute Gasteiger partial charge is 0.493 e. The molecule has 1 fully saturated rings. The number of rotatable bonds is 7. The van der Waals surface area contributed by atoms with Crippen molar-refractivity contribution in [2.45, 2.75) is 58.9 Å². The number of hydrogen-bond acceptors (Lipinski definition) is 3. The van der Waals surface area contributed by atoms with Crippen LogP contribution in [0.4, 0.5) is 0 Å². The maximum atomic E-state index is 11.3. The summed E-state index contributed by atoms with van der Waals surface area (Å²) in [6.07, 6.45) is 6.56. The van der Waals surface area contributed by atoms with Crippen LogP contribution in [0.25, 0.3) is 10.8 Å². The smallest absolute Gasteiger partial charge is 0.217 e. The molecule has 1 unspecified atom stereocenters. The number of fused-ring (bicyclic) bond motifs is 1. The monoisotopic (exact) mass is 431 g/mol. The van der Waals surface area contributed by atoms with Gasteiger partial charge in [0.1, 0.15) is 17.2 Å². The molecule has 0 spiro atoms. The van der Waals surface area contributed by atoms with E-state index in [1.54, 1.807) is 6.92 Å². The van der Waals surface area contributed by atoms with E-state index in [9.17, 15) is 4.79 Å². The summed E-state index contributed by atoms with van der Waals surface area (Å²) in [7, 11) is 0. The van der Waals surface area contributed by atoms with Crippen LogP contribution in [-0.2, 0) is 4.79 Å². The molecule has 0 radical (unpaired) electrons. The molecule has 4 heteroatoms. The van der Waals surface area contributed by atoms with Crippen molar-refractivity contribution >= 4 is 16.7 Å². The lowest BCUT2D eigenvalue weighted by Gasteiger charge is -2.22. The van der Waals surface area contributed by atoms with E-state index < -0.39 is 0 Å². The highest BCUT2D eigenvalue weighted by Crippen LogP contribution is 2.34. The Labute approximate surface area is 190 Å². The Morgan fingerprint density at radius 1 is 1.00 bits per heavy atom. The molecular weight excluding hydrogens is 398 g/mol. The standard InChI is InChI=1S/C28H33NO3/c1-19-27(31-18-22-8-5-4-6-9-22)10-7-11-28(19)32-26-15-14-24-16-23(12-13-25(24)17-26)20(2)29-21(3)30/h7,10-17,20,22H,4-6,8-9,18H2,1-3H3,(H,29,30). The molecule has 1 N–H and O–H groups in total. The first-order valence-electron chi connectivity index (χ1n) is 11.7. The van der Waals surface area contributed by atoms with E-state index in [2.05, 4.69) is 42.6 Å². The van der Waals surface area contributed by atoms with E-state index in [0.29, 0.717) is 5.92 Å². The fourth-order valence-electron chi connectivity index (χ4n) is 4.51. The highest BCUT2D eigenvalue weighted by molar-refractivity contribution is 5.85. The minimum Gasteiger partial charge on any atom is -0.493 e. The molecule has 0 saturated heterocycles. The van der Waals surface area contributed by atoms with Gasteiger partial charge in [0.05, 0.1) is 12.6 Å². The highest BCUT2D eigenvalue weighted by atomic mass is 16.5. The molecule has 4 rings (SSSR count). The minimum absolute atomic E-state index is 0.0215. The number of benzene rings is 3. The van der Waals surface area contributed by atoms with E-state index in [4.69, 9.17) is 9.47 Å². The predicted octanol–water partition coefficient (Wildman–Crippen LogP) is 7.10. The van der Waals surface area contributed by atoms with E-state index in [1.807, 2.05) is 31.2 Å². The van der Waals surface area contributed by atoms with E-state index in [-0.39, 0.29) is 11.9 Å². The van der Waals surface area contributed by atoms with E-state index in [0.717, 1.165) is 45.8 Å². The quantitative estimate of drug-likeness (QED) is 0.434. The van der Waals surface area contributed by atoms with Crippen molar-refractivity contribution in [2.75, 3.05) is 6.61 Å². The molecule has 3 aromatic rings. The third kappa shape index (κ3) is 5.42. The summed E-state index contributed by atoms with van der Waals surface area (Å²) < 4.78 is 12.4. The lowest BCUT2D eigenvalue weighted by molar-refractivity contribution is -0.119. The van der Waals surface area contributed by atoms with Gasteiger partial charge in [-0.15, -0.1) is 0 Å². The molecule has 3 aromatic carbocycles. The number of ether oxygens (including phenoxy) is 2. The van der Waals surface area contributed by atoms with E-state index >= 15 is 0 Å². The zero-order valence-electron chi connectivity index (χ0n) is 19.3. The molecule has 1 amide bonds. The molecule has 168 valence electrons. The topological polar surface area (TPSA) is 47.6 Å². The van der Waals surface area contributed by atoms with Gasteiger partial charge in [-0.05, 0) is 79.3 Å². The van der Waals surface area contributed by atoms with Gasteiger partial charge in [-0.2, -0.15) is 0 Å². The van der Waals surface area contributed by atoms with Crippen LogP contribution in [0.1, 0.15) is 63.1 Å². The Morgan fingerprint density at radius 3 is 2.50 bits per heavy atom. The first-order chi connectivity index (χ1) is 15.5. The van der Waals surface area contributed by atoms with Crippen molar-refractivity contribution < 1.29 is 14.3 Å². The minimum atomic E-state index is -0.0262. The second-order valence-electron chi connectivity index (χ2n) is 8.99. The van der Waals surface area contributed by atoms with Gasteiger partial charge in [0.2, 0.25) is 5.91 Å². The molecule has 1 aliphatic carbocycles. The first-order valence-corrected chi connectivity index (χ1v) is 11.7. The molecule has 32 heavy (non-hydrogen) atoms. The van der Waals surface area contributed by atoms with Gasteiger partial charge in [0.15, 0.2) is 0 Å². The SMILES string of the molecule is CC(=O)NC(C)c1ccc2cc(Oc3cccc(OCC4CCCCC4)c3C)ccc2c1. The van der Waals surface area contributed by atoms with Crippen LogP contribution in [-0.4, -0.2) is 12.5 Å². The molecular formula is C28H33NO3. The summed E-state index contributed by atoms with van der Waals surface area (Å²) in [5.74, 6) is 3.17. The van der Waals surface area contributed by atoms with Gasteiger partial charge in [-0.3, -0.25) is 4.79 Å². The van der Waals surface area contributed by atoms with Crippen LogP contribution in [0.3, 0.4) is 0 Å². The lowest BCUT2D eigenvalue weighted by atomic mass is 9.90. The van der Waals surface area contributed by atoms with Crippen molar-refractivity contribution in [3.05, 3.63) is 65.7 Å². The van der Waals surface area contributed by atoms with E-state index in [1.165, 1.54) is 32.1 Å². The second-order valence-corrected chi connectivity index (χ2v) is 8.99. The average molecular weight is 432 g/mol. The summed E-state index contributed by atoms with van der Waals surface area (Å²) in [5.41, 5.74) is 2.11. The normalized spacial score (nSPS) is 15.3. The molecule has 1 atom stereocenters. The van der Waals surface area contributed by atoms with Crippen LogP contribution in [0.5, 0.6) is 17.2 Å². The summed E-state index contributed by atoms with van der Waals surface area (Å²) in [6, 6.07) is 18.3. The summed E-state index contributed by atoms with van der Waals surface area (Å²) in [4.78, 5) is 11.3. The number of carbonyl (C=O) groups is 1. The summed E-state index contributed by atoms with van der Waals surface area (Å²) >= 11 is 0. The molecule has 0 heterocycles. The number of amides is 1.